The molecular formula is C18H16F2N4O5. The summed E-state index contributed by atoms with van der Waals surface area (Å²) >= 11 is 0. The van der Waals surface area contributed by atoms with Crippen molar-refractivity contribution in [3.63, 3.8) is 0 Å². The number of furan rings is 1. The van der Waals surface area contributed by atoms with Crippen LogP contribution < -0.4 is 16.0 Å². The van der Waals surface area contributed by atoms with Crippen LogP contribution in [0.1, 0.15) is 18.2 Å². The summed E-state index contributed by atoms with van der Waals surface area (Å²) in [5.74, 6) is -3.15. The van der Waals surface area contributed by atoms with E-state index in [1.165, 1.54) is 13.2 Å². The first-order chi connectivity index (χ1) is 13.7. The van der Waals surface area contributed by atoms with Crippen molar-refractivity contribution in [1.82, 2.24) is 20.9 Å². The van der Waals surface area contributed by atoms with Crippen molar-refractivity contribution in [3.05, 3.63) is 59.6 Å². The highest BCUT2D eigenvalue weighted by Crippen LogP contribution is 2.31. The number of nitrogens with one attached hydrogen (secondary N) is 3. The van der Waals surface area contributed by atoms with Crippen molar-refractivity contribution in [2.75, 3.05) is 6.54 Å². The molecular weight excluding hydrogens is 390 g/mol. The zero-order chi connectivity index (χ0) is 21.2. The van der Waals surface area contributed by atoms with E-state index in [1.807, 2.05) is 5.32 Å². The molecule has 0 spiro atoms. The van der Waals surface area contributed by atoms with Gasteiger partial charge >= 0.3 is 12.1 Å². The number of amides is 6. The lowest BCUT2D eigenvalue weighted by atomic mass is 9.91. The molecule has 1 aromatic heterocycles. The maximum atomic E-state index is 14.1. The van der Waals surface area contributed by atoms with Gasteiger partial charge in [-0.05, 0) is 37.3 Å². The molecule has 2 aromatic rings. The van der Waals surface area contributed by atoms with Crippen LogP contribution in [0.5, 0.6) is 0 Å². The molecule has 0 unspecified atom stereocenters. The second-order valence-corrected chi connectivity index (χ2v) is 6.38. The lowest BCUT2D eigenvalue weighted by Gasteiger charge is -2.22. The van der Waals surface area contributed by atoms with Crippen LogP contribution >= 0.6 is 0 Å². The molecule has 0 radical (unpaired) electrons. The fourth-order valence-electron chi connectivity index (χ4n) is 2.84. The second-order valence-electron chi connectivity index (χ2n) is 6.38. The summed E-state index contributed by atoms with van der Waals surface area (Å²) in [6.45, 7) is 0.427. The van der Waals surface area contributed by atoms with E-state index in [2.05, 4.69) is 10.6 Å². The normalized spacial score (nSPS) is 18.5. The minimum atomic E-state index is -1.90. The number of carbonyl (C=O) groups is 4. The molecule has 3 N–H and O–H groups in total. The van der Waals surface area contributed by atoms with E-state index in [4.69, 9.17) is 4.42 Å². The van der Waals surface area contributed by atoms with Crippen molar-refractivity contribution in [2.24, 2.45) is 0 Å². The molecule has 1 aliphatic rings. The Balaban J connectivity index is 1.64. The Hall–Kier alpha value is -3.76. The molecule has 3 rings (SSSR count). The highest BCUT2D eigenvalue weighted by atomic mass is 19.1. The van der Waals surface area contributed by atoms with Gasteiger partial charge in [-0.25, -0.2) is 18.4 Å². The van der Waals surface area contributed by atoms with Gasteiger partial charge in [0, 0.05) is 5.56 Å². The summed E-state index contributed by atoms with van der Waals surface area (Å²) in [7, 11) is 0. The number of carbonyl (C=O) groups excluding carboxylic acids is 4. The molecule has 11 heteroatoms. The molecule has 1 saturated heterocycles. The third-order valence-electron chi connectivity index (χ3n) is 4.30. The van der Waals surface area contributed by atoms with Crippen LogP contribution in [0.2, 0.25) is 0 Å². The molecule has 1 fully saturated rings. The van der Waals surface area contributed by atoms with E-state index in [9.17, 15) is 28.0 Å². The summed E-state index contributed by atoms with van der Waals surface area (Å²) in [6.07, 6.45) is 1.41. The minimum absolute atomic E-state index is 0.0200. The molecule has 1 aliphatic heterocycles. The lowest BCUT2D eigenvalue weighted by Crippen LogP contribution is -2.46. The Morgan fingerprint density at radius 3 is 2.69 bits per heavy atom. The predicted octanol–water partition coefficient (Wildman–Crippen LogP) is 1.35. The van der Waals surface area contributed by atoms with E-state index < -0.39 is 47.6 Å². The number of rotatable bonds is 5. The number of hydrogen-bond acceptors (Lipinski definition) is 5. The van der Waals surface area contributed by atoms with Gasteiger partial charge in [0.2, 0.25) is 5.91 Å². The first-order valence-corrected chi connectivity index (χ1v) is 8.40. The molecule has 0 bridgehead atoms. The van der Waals surface area contributed by atoms with Gasteiger partial charge in [-0.3, -0.25) is 19.8 Å². The standard InChI is InChI=1S/C18H16F2N4O5/c1-18(12-7-10(19)4-5-13(12)20)15(26)24(17(28)23-18)9-14(25)22-16(27)21-8-11-3-2-6-29-11/h2-7H,8-9H2,1H3,(H,23,28)(H2,21,22,25,27)/t18-/m0/s1. The van der Waals surface area contributed by atoms with Gasteiger partial charge in [0.05, 0.1) is 12.8 Å². The summed E-state index contributed by atoms with van der Waals surface area (Å²) in [6, 6.07) is 3.88. The molecule has 152 valence electrons. The van der Waals surface area contributed by atoms with Gasteiger partial charge < -0.3 is 15.1 Å². The fourth-order valence-corrected chi connectivity index (χ4v) is 2.84. The molecule has 9 nitrogen and oxygen atoms in total. The predicted molar refractivity (Wildman–Crippen MR) is 93.0 cm³/mol. The number of benzene rings is 1. The first kappa shape index (κ1) is 20.0. The Morgan fingerprint density at radius 1 is 1.24 bits per heavy atom. The van der Waals surface area contributed by atoms with Crippen molar-refractivity contribution >= 4 is 23.9 Å². The smallest absolute Gasteiger partial charge is 0.325 e. The minimum Gasteiger partial charge on any atom is -0.467 e. The average molecular weight is 406 g/mol. The first-order valence-electron chi connectivity index (χ1n) is 8.40. The number of nitrogens with zero attached hydrogens (tertiary/aromatic N) is 1. The lowest BCUT2D eigenvalue weighted by molar-refractivity contribution is -0.134. The largest absolute Gasteiger partial charge is 0.467 e. The van der Waals surface area contributed by atoms with E-state index >= 15 is 0 Å². The van der Waals surface area contributed by atoms with Crippen LogP contribution in [0.4, 0.5) is 18.4 Å². The monoisotopic (exact) mass is 406 g/mol. The van der Waals surface area contributed by atoms with Crippen LogP contribution in [-0.4, -0.2) is 35.3 Å². The molecule has 1 aromatic carbocycles. The van der Waals surface area contributed by atoms with Crippen LogP contribution in [-0.2, 0) is 21.7 Å². The Labute approximate surface area is 163 Å². The molecule has 29 heavy (non-hydrogen) atoms. The molecule has 2 heterocycles. The maximum absolute atomic E-state index is 14.1. The van der Waals surface area contributed by atoms with E-state index in [0.29, 0.717) is 10.7 Å². The number of halogens is 2. The summed E-state index contributed by atoms with van der Waals surface area (Å²) in [4.78, 5) is 49.1. The Kier molecular flexibility index (Phi) is 5.31. The summed E-state index contributed by atoms with van der Waals surface area (Å²) in [5.41, 5.74) is -2.28. The third-order valence-corrected chi connectivity index (χ3v) is 4.30. The van der Waals surface area contributed by atoms with Crippen LogP contribution in [0, 0.1) is 11.6 Å². The Morgan fingerprint density at radius 2 is 2.00 bits per heavy atom. The molecule has 1 atom stereocenters. The number of hydrogen-bond donors (Lipinski definition) is 3. The van der Waals surface area contributed by atoms with Crippen molar-refractivity contribution in [3.8, 4) is 0 Å². The van der Waals surface area contributed by atoms with E-state index in [1.54, 1.807) is 12.1 Å². The second kappa shape index (κ2) is 7.70. The van der Waals surface area contributed by atoms with Gasteiger partial charge in [0.1, 0.15) is 29.5 Å². The van der Waals surface area contributed by atoms with Gasteiger partial charge in [-0.15, -0.1) is 0 Å². The molecule has 6 amide bonds. The number of imide groups is 2. The Bertz CT molecular complexity index is 979. The third kappa shape index (κ3) is 4.08. The quantitative estimate of drug-likeness (QED) is 0.648. The van der Waals surface area contributed by atoms with Gasteiger partial charge in [0.25, 0.3) is 5.91 Å². The van der Waals surface area contributed by atoms with Crippen molar-refractivity contribution in [2.45, 2.75) is 19.0 Å². The number of urea groups is 2. The average Bonchev–Trinajstić information content (AvgIpc) is 3.25. The maximum Gasteiger partial charge on any atom is 0.325 e. The van der Waals surface area contributed by atoms with Crippen LogP contribution in [0.15, 0.2) is 41.0 Å². The zero-order valence-corrected chi connectivity index (χ0v) is 15.1. The highest BCUT2D eigenvalue weighted by molar-refractivity contribution is 6.10. The van der Waals surface area contributed by atoms with Gasteiger partial charge in [-0.1, -0.05) is 0 Å². The summed E-state index contributed by atoms with van der Waals surface area (Å²) < 4.78 is 32.6. The SMILES string of the molecule is C[C@@]1(c2cc(F)ccc2F)NC(=O)N(CC(=O)NC(=O)NCc2ccco2)C1=O. The van der Waals surface area contributed by atoms with Crippen LogP contribution in [0.3, 0.4) is 0 Å². The van der Waals surface area contributed by atoms with Crippen LogP contribution in [0.25, 0.3) is 0 Å². The topological polar surface area (TPSA) is 121 Å². The van der Waals surface area contributed by atoms with E-state index in [-0.39, 0.29) is 12.1 Å². The molecule has 0 saturated carbocycles. The van der Waals surface area contributed by atoms with Gasteiger partial charge in [0.15, 0.2) is 0 Å². The van der Waals surface area contributed by atoms with Crippen molar-refractivity contribution < 1.29 is 32.4 Å². The molecule has 0 aliphatic carbocycles. The fraction of sp³-hybridized carbons (Fsp3) is 0.222. The summed E-state index contributed by atoms with van der Waals surface area (Å²) in [5, 5.41) is 6.57. The van der Waals surface area contributed by atoms with Gasteiger partial charge in [-0.2, -0.15) is 0 Å². The zero-order valence-electron chi connectivity index (χ0n) is 15.1. The van der Waals surface area contributed by atoms with E-state index in [0.717, 1.165) is 18.2 Å². The highest BCUT2D eigenvalue weighted by Gasteiger charge is 2.50. The van der Waals surface area contributed by atoms with Crippen molar-refractivity contribution in [1.29, 1.82) is 0 Å².